The summed E-state index contributed by atoms with van der Waals surface area (Å²) < 4.78 is 19.2. The number of amides is 2. The minimum atomic E-state index is -0.325. The lowest BCUT2D eigenvalue weighted by molar-refractivity contribution is -0.137. The molecule has 2 aromatic carbocycles. The Bertz CT molecular complexity index is 735. The van der Waals surface area contributed by atoms with E-state index in [0.717, 1.165) is 10.0 Å². The number of rotatable bonds is 8. The van der Waals surface area contributed by atoms with Crippen LogP contribution in [0.25, 0.3) is 0 Å². The van der Waals surface area contributed by atoms with E-state index in [1.165, 1.54) is 17.0 Å². The third-order valence-corrected chi connectivity index (χ3v) is 4.18. The van der Waals surface area contributed by atoms with Crippen LogP contribution in [0.2, 0.25) is 0 Å². The van der Waals surface area contributed by atoms with Gasteiger partial charge < -0.3 is 15.0 Å². The minimum absolute atomic E-state index is 0.0553. The maximum Gasteiger partial charge on any atom is 0.260 e. The van der Waals surface area contributed by atoms with Gasteiger partial charge >= 0.3 is 0 Å². The van der Waals surface area contributed by atoms with Crippen molar-refractivity contribution < 1.29 is 18.7 Å². The number of nitrogens with one attached hydrogen (secondary N) is 1. The van der Waals surface area contributed by atoms with Gasteiger partial charge in [0.1, 0.15) is 11.6 Å². The van der Waals surface area contributed by atoms with Crippen molar-refractivity contribution in [3.05, 3.63) is 64.4 Å². The van der Waals surface area contributed by atoms with Crippen LogP contribution in [0, 0.1) is 5.82 Å². The molecule has 0 aliphatic carbocycles. The number of nitrogens with zero attached hydrogens (tertiary/aromatic N) is 1. The second-order valence-corrected chi connectivity index (χ2v) is 6.47. The van der Waals surface area contributed by atoms with Gasteiger partial charge in [0, 0.05) is 17.6 Å². The SMILES string of the molecule is CCN(CC(=O)NCc1ccc(F)cc1)C(=O)COc1ccc(Br)cc1. The standard InChI is InChI=1S/C19H20BrFN2O3/c1-2-23(19(25)13-26-17-9-5-15(20)6-10-17)12-18(24)22-11-14-3-7-16(21)8-4-14/h3-10H,2,11-13H2,1H3,(H,22,24). The monoisotopic (exact) mass is 422 g/mol. The zero-order valence-electron chi connectivity index (χ0n) is 14.4. The molecule has 0 fully saturated rings. The van der Waals surface area contributed by atoms with Crippen molar-refractivity contribution in [1.29, 1.82) is 0 Å². The van der Waals surface area contributed by atoms with Gasteiger partial charge in [-0.25, -0.2) is 4.39 Å². The number of likely N-dealkylation sites (N-methyl/N-ethyl adjacent to an activating group) is 1. The van der Waals surface area contributed by atoms with Gasteiger partial charge in [0.15, 0.2) is 6.61 Å². The lowest BCUT2D eigenvalue weighted by atomic mass is 10.2. The Labute approximate surface area is 160 Å². The van der Waals surface area contributed by atoms with Gasteiger partial charge in [-0.3, -0.25) is 9.59 Å². The summed E-state index contributed by atoms with van der Waals surface area (Å²) in [7, 11) is 0. The summed E-state index contributed by atoms with van der Waals surface area (Å²) in [5.74, 6) is -0.299. The van der Waals surface area contributed by atoms with Crippen LogP contribution < -0.4 is 10.1 Å². The Morgan fingerprint density at radius 1 is 1.12 bits per heavy atom. The molecule has 0 heterocycles. The molecule has 1 N–H and O–H groups in total. The van der Waals surface area contributed by atoms with E-state index >= 15 is 0 Å². The van der Waals surface area contributed by atoms with Gasteiger partial charge in [0.2, 0.25) is 5.91 Å². The molecule has 0 radical (unpaired) electrons. The Hall–Kier alpha value is -2.41. The summed E-state index contributed by atoms with van der Waals surface area (Å²) in [6, 6.07) is 13.0. The lowest BCUT2D eigenvalue weighted by Crippen LogP contribution is -2.42. The molecule has 7 heteroatoms. The van der Waals surface area contributed by atoms with Crippen LogP contribution in [0.15, 0.2) is 53.0 Å². The molecule has 0 saturated carbocycles. The van der Waals surface area contributed by atoms with Gasteiger partial charge in [0.05, 0.1) is 6.54 Å². The Morgan fingerprint density at radius 2 is 1.77 bits per heavy atom. The highest BCUT2D eigenvalue weighted by atomic mass is 79.9. The molecule has 5 nitrogen and oxygen atoms in total. The van der Waals surface area contributed by atoms with Crippen molar-refractivity contribution in [3.8, 4) is 5.75 Å². The van der Waals surface area contributed by atoms with E-state index in [-0.39, 0.29) is 37.3 Å². The van der Waals surface area contributed by atoms with Crippen molar-refractivity contribution in [2.75, 3.05) is 19.7 Å². The van der Waals surface area contributed by atoms with E-state index in [2.05, 4.69) is 21.2 Å². The number of hydrogen-bond donors (Lipinski definition) is 1. The first kappa shape index (κ1) is 19.9. The largest absolute Gasteiger partial charge is 0.484 e. The van der Waals surface area contributed by atoms with Gasteiger partial charge in [-0.1, -0.05) is 28.1 Å². The normalized spacial score (nSPS) is 10.3. The summed E-state index contributed by atoms with van der Waals surface area (Å²) in [5, 5.41) is 2.72. The van der Waals surface area contributed by atoms with E-state index in [9.17, 15) is 14.0 Å². The maximum absolute atomic E-state index is 12.9. The summed E-state index contributed by atoms with van der Waals surface area (Å²) in [6.45, 7) is 2.28. The van der Waals surface area contributed by atoms with E-state index < -0.39 is 0 Å². The van der Waals surface area contributed by atoms with Crippen molar-refractivity contribution in [1.82, 2.24) is 10.2 Å². The predicted octanol–water partition coefficient (Wildman–Crippen LogP) is 3.13. The van der Waals surface area contributed by atoms with Crippen LogP contribution in [-0.2, 0) is 16.1 Å². The molecule has 0 spiro atoms. The van der Waals surface area contributed by atoms with Crippen LogP contribution >= 0.6 is 15.9 Å². The molecule has 0 atom stereocenters. The van der Waals surface area contributed by atoms with Crippen LogP contribution in [0.3, 0.4) is 0 Å². The van der Waals surface area contributed by atoms with Crippen LogP contribution in [0.4, 0.5) is 4.39 Å². The van der Waals surface area contributed by atoms with E-state index in [1.54, 1.807) is 31.2 Å². The van der Waals surface area contributed by atoms with E-state index in [4.69, 9.17) is 4.74 Å². The zero-order valence-corrected chi connectivity index (χ0v) is 16.0. The van der Waals surface area contributed by atoms with Crippen molar-refractivity contribution >= 4 is 27.7 Å². The number of ether oxygens (including phenoxy) is 1. The molecule has 0 aromatic heterocycles. The molecule has 0 unspecified atom stereocenters. The van der Waals surface area contributed by atoms with Crippen molar-refractivity contribution in [2.24, 2.45) is 0 Å². The fourth-order valence-corrected chi connectivity index (χ4v) is 2.44. The molecule has 26 heavy (non-hydrogen) atoms. The zero-order chi connectivity index (χ0) is 18.9. The molecular formula is C19H20BrFN2O3. The number of hydrogen-bond acceptors (Lipinski definition) is 3. The average Bonchev–Trinajstić information content (AvgIpc) is 2.65. The fourth-order valence-electron chi connectivity index (χ4n) is 2.18. The summed E-state index contributed by atoms with van der Waals surface area (Å²) >= 11 is 3.33. The van der Waals surface area contributed by atoms with Crippen molar-refractivity contribution in [3.63, 3.8) is 0 Å². The summed E-state index contributed by atoms with van der Waals surface area (Å²) in [4.78, 5) is 25.7. The highest BCUT2D eigenvalue weighted by molar-refractivity contribution is 9.10. The van der Waals surface area contributed by atoms with E-state index in [1.807, 2.05) is 12.1 Å². The first-order valence-electron chi connectivity index (χ1n) is 8.15. The quantitative estimate of drug-likeness (QED) is 0.710. The number of carbonyl (C=O) groups is 2. The Kier molecular flexibility index (Phi) is 7.59. The molecular weight excluding hydrogens is 403 g/mol. The smallest absolute Gasteiger partial charge is 0.260 e. The molecule has 2 aromatic rings. The Balaban J connectivity index is 1.78. The van der Waals surface area contributed by atoms with Crippen LogP contribution in [0.5, 0.6) is 5.75 Å². The highest BCUT2D eigenvalue weighted by Gasteiger charge is 2.16. The third-order valence-electron chi connectivity index (χ3n) is 3.65. The molecule has 2 amide bonds. The summed E-state index contributed by atoms with van der Waals surface area (Å²) in [5.41, 5.74) is 0.785. The van der Waals surface area contributed by atoms with Crippen molar-refractivity contribution in [2.45, 2.75) is 13.5 Å². The second kappa shape index (κ2) is 9.91. The van der Waals surface area contributed by atoms with Gasteiger partial charge in [-0.05, 0) is 48.9 Å². The molecule has 0 aliphatic heterocycles. The first-order chi connectivity index (χ1) is 12.5. The van der Waals surface area contributed by atoms with Gasteiger partial charge in [0.25, 0.3) is 5.91 Å². The van der Waals surface area contributed by atoms with Gasteiger partial charge in [-0.15, -0.1) is 0 Å². The molecule has 0 saturated heterocycles. The molecule has 2 rings (SSSR count). The topological polar surface area (TPSA) is 58.6 Å². The Morgan fingerprint density at radius 3 is 2.38 bits per heavy atom. The second-order valence-electron chi connectivity index (χ2n) is 5.55. The predicted molar refractivity (Wildman–Crippen MR) is 100 cm³/mol. The first-order valence-corrected chi connectivity index (χ1v) is 8.94. The van der Waals surface area contributed by atoms with E-state index in [0.29, 0.717) is 12.3 Å². The molecule has 0 bridgehead atoms. The van der Waals surface area contributed by atoms with Crippen LogP contribution in [0.1, 0.15) is 12.5 Å². The number of halogens is 2. The average molecular weight is 423 g/mol. The molecule has 0 aliphatic rings. The lowest BCUT2D eigenvalue weighted by Gasteiger charge is -2.20. The fraction of sp³-hybridized carbons (Fsp3) is 0.263. The number of carbonyl (C=O) groups excluding carboxylic acids is 2. The maximum atomic E-state index is 12.9. The third kappa shape index (κ3) is 6.48. The molecule has 138 valence electrons. The minimum Gasteiger partial charge on any atom is -0.484 e. The van der Waals surface area contributed by atoms with Gasteiger partial charge in [-0.2, -0.15) is 0 Å². The highest BCUT2D eigenvalue weighted by Crippen LogP contribution is 2.16. The number of benzene rings is 2. The summed E-state index contributed by atoms with van der Waals surface area (Å²) in [6.07, 6.45) is 0. The van der Waals surface area contributed by atoms with Crippen LogP contribution in [-0.4, -0.2) is 36.4 Å².